The third kappa shape index (κ3) is 5.16. The molecule has 0 aliphatic carbocycles. The van der Waals surface area contributed by atoms with Gasteiger partial charge in [0.05, 0.1) is 31.9 Å². The fourth-order valence-electron chi connectivity index (χ4n) is 2.52. The Morgan fingerprint density at radius 2 is 1.65 bits per heavy atom. The number of quaternary nitrogens is 1. The monoisotopic (exact) mass is 247 g/mol. The molecular weight excluding hydrogens is 224 g/mol. The average Bonchev–Trinajstić information content (AvgIpc) is 2.14. The van der Waals surface area contributed by atoms with Crippen LogP contribution in [0.25, 0.3) is 0 Å². The van der Waals surface area contributed by atoms with Crippen LogP contribution in [-0.4, -0.2) is 32.8 Å². The van der Waals surface area contributed by atoms with Crippen molar-refractivity contribution < 1.29 is 4.48 Å². The molecule has 2 nitrogen and oxygen atoms in total. The molecule has 0 fully saturated rings. The van der Waals surface area contributed by atoms with E-state index in [2.05, 4.69) is 51.9 Å². The summed E-state index contributed by atoms with van der Waals surface area (Å²) in [6.07, 6.45) is 1.27. The van der Waals surface area contributed by atoms with E-state index >= 15 is 0 Å². The summed E-state index contributed by atoms with van der Waals surface area (Å²) in [6.45, 7) is 8.26. The first-order valence-electron chi connectivity index (χ1n) is 6.03. The summed E-state index contributed by atoms with van der Waals surface area (Å²) >= 11 is 0. The van der Waals surface area contributed by atoms with Crippen molar-refractivity contribution in [3.05, 3.63) is 35.4 Å². The Kier molecular flexibility index (Phi) is 4.13. The Balaban J connectivity index is 2.73. The number of hydrogen-bond acceptors (Lipinski definition) is 1. The van der Waals surface area contributed by atoms with Crippen molar-refractivity contribution in [2.45, 2.75) is 26.2 Å². The van der Waals surface area contributed by atoms with Gasteiger partial charge in [-0.15, -0.1) is 0 Å². The zero-order valence-electron chi connectivity index (χ0n) is 11.6. The van der Waals surface area contributed by atoms with Crippen LogP contribution in [0.5, 0.6) is 0 Å². The van der Waals surface area contributed by atoms with Gasteiger partial charge in [-0.05, 0) is 12.1 Å². The standard InChI is InChI=1S/C14H23N2Si/c1-16(2,12-17(3,4)5)11-14-8-6-13(10-15)7-9-14/h6-9H,11-12H2,1-5H3/q+1. The molecule has 0 N–H and O–H groups in total. The van der Waals surface area contributed by atoms with Crippen molar-refractivity contribution in [3.63, 3.8) is 0 Å². The highest BCUT2D eigenvalue weighted by molar-refractivity contribution is 6.75. The molecular formula is C14H23N2Si+. The summed E-state index contributed by atoms with van der Waals surface area (Å²) in [5, 5.41) is 8.77. The number of nitriles is 1. The molecule has 0 spiro atoms. The normalized spacial score (nSPS) is 12.2. The number of rotatable bonds is 4. The molecule has 1 aromatic rings. The summed E-state index contributed by atoms with van der Waals surface area (Å²) in [5.41, 5.74) is 2.05. The van der Waals surface area contributed by atoms with Crippen molar-refractivity contribution in [3.8, 4) is 6.07 Å². The number of hydrogen-bond donors (Lipinski definition) is 0. The van der Waals surface area contributed by atoms with Crippen LogP contribution in [0.4, 0.5) is 0 Å². The van der Waals surface area contributed by atoms with Gasteiger partial charge in [-0.3, -0.25) is 0 Å². The average molecular weight is 247 g/mol. The quantitative estimate of drug-likeness (QED) is 0.593. The van der Waals surface area contributed by atoms with E-state index < -0.39 is 8.07 Å². The van der Waals surface area contributed by atoms with E-state index in [1.165, 1.54) is 11.7 Å². The second-order valence-corrected chi connectivity index (χ2v) is 12.1. The van der Waals surface area contributed by atoms with Crippen LogP contribution >= 0.6 is 0 Å². The summed E-state index contributed by atoms with van der Waals surface area (Å²) in [5.74, 6) is 0. The molecule has 1 aromatic carbocycles. The van der Waals surface area contributed by atoms with Crippen molar-refractivity contribution in [1.29, 1.82) is 5.26 Å². The van der Waals surface area contributed by atoms with Crippen molar-refractivity contribution in [2.75, 3.05) is 20.3 Å². The fraction of sp³-hybridized carbons (Fsp3) is 0.500. The molecule has 0 unspecified atom stereocenters. The van der Waals surface area contributed by atoms with Crippen LogP contribution in [0.2, 0.25) is 19.6 Å². The summed E-state index contributed by atoms with van der Waals surface area (Å²) in [7, 11) is 3.53. The third-order valence-corrected chi connectivity index (χ3v) is 4.40. The molecule has 0 saturated heterocycles. The summed E-state index contributed by atoms with van der Waals surface area (Å²) < 4.78 is 1.03. The largest absolute Gasteiger partial charge is 0.328 e. The zero-order chi connectivity index (χ0) is 13.1. The van der Waals surface area contributed by atoms with E-state index in [0.717, 1.165) is 16.6 Å². The third-order valence-electron chi connectivity index (χ3n) is 2.60. The van der Waals surface area contributed by atoms with Gasteiger partial charge in [0.1, 0.15) is 14.6 Å². The Labute approximate surface area is 106 Å². The van der Waals surface area contributed by atoms with Crippen molar-refractivity contribution in [2.24, 2.45) is 0 Å². The highest BCUT2D eigenvalue weighted by atomic mass is 28.3. The van der Waals surface area contributed by atoms with Gasteiger partial charge in [-0.2, -0.15) is 5.26 Å². The second kappa shape index (κ2) is 5.03. The van der Waals surface area contributed by atoms with Gasteiger partial charge in [0.2, 0.25) is 0 Å². The minimum atomic E-state index is -1.04. The Bertz CT molecular complexity index is 407. The maximum absolute atomic E-state index is 8.77. The van der Waals surface area contributed by atoms with Crippen LogP contribution in [0, 0.1) is 11.3 Å². The minimum Gasteiger partial charge on any atom is -0.328 e. The van der Waals surface area contributed by atoms with E-state index in [1.807, 2.05) is 12.1 Å². The molecule has 0 aliphatic heterocycles. The first kappa shape index (κ1) is 13.9. The van der Waals surface area contributed by atoms with Crippen LogP contribution in [0.1, 0.15) is 11.1 Å². The van der Waals surface area contributed by atoms with Gasteiger partial charge >= 0.3 is 0 Å². The molecule has 92 valence electrons. The van der Waals surface area contributed by atoms with E-state index in [1.54, 1.807) is 0 Å². The van der Waals surface area contributed by atoms with E-state index in [9.17, 15) is 0 Å². The van der Waals surface area contributed by atoms with Crippen molar-refractivity contribution in [1.82, 2.24) is 0 Å². The number of nitrogens with zero attached hydrogens (tertiary/aromatic N) is 2. The predicted molar refractivity (Wildman–Crippen MR) is 75.2 cm³/mol. The van der Waals surface area contributed by atoms with Crippen LogP contribution in [-0.2, 0) is 6.54 Å². The topological polar surface area (TPSA) is 23.8 Å². The predicted octanol–water partition coefficient (Wildman–Crippen LogP) is 3.01. The van der Waals surface area contributed by atoms with E-state index in [-0.39, 0.29) is 0 Å². The van der Waals surface area contributed by atoms with Gasteiger partial charge in [-0.1, -0.05) is 31.8 Å². The lowest BCUT2D eigenvalue weighted by atomic mass is 10.1. The molecule has 3 heteroatoms. The molecule has 0 aliphatic rings. The lowest BCUT2D eigenvalue weighted by molar-refractivity contribution is -0.894. The smallest absolute Gasteiger partial charge is 0.110 e. The van der Waals surface area contributed by atoms with Crippen molar-refractivity contribution >= 4 is 8.07 Å². The SMILES string of the molecule is C[N+](C)(Cc1ccc(C#N)cc1)C[Si](C)(C)C. The lowest BCUT2D eigenvalue weighted by Gasteiger charge is -2.35. The Morgan fingerprint density at radius 1 is 1.12 bits per heavy atom. The molecule has 0 atom stereocenters. The first-order chi connectivity index (χ1) is 7.72. The van der Waals surface area contributed by atoms with Crippen LogP contribution in [0.3, 0.4) is 0 Å². The summed E-state index contributed by atoms with van der Waals surface area (Å²) in [4.78, 5) is 0. The fourth-order valence-corrected chi connectivity index (χ4v) is 5.20. The molecule has 0 aromatic heterocycles. The maximum Gasteiger partial charge on any atom is 0.110 e. The highest BCUT2D eigenvalue weighted by Crippen LogP contribution is 2.14. The summed E-state index contributed by atoms with van der Waals surface area (Å²) in [6, 6.07) is 10.1. The minimum absolute atomic E-state index is 0.740. The molecule has 0 radical (unpaired) electrons. The van der Waals surface area contributed by atoms with Crippen LogP contribution in [0.15, 0.2) is 24.3 Å². The van der Waals surface area contributed by atoms with E-state index in [0.29, 0.717) is 0 Å². The Morgan fingerprint density at radius 3 is 2.06 bits per heavy atom. The van der Waals surface area contributed by atoms with Gasteiger partial charge in [0, 0.05) is 5.56 Å². The molecule has 0 bridgehead atoms. The molecule has 0 amide bonds. The van der Waals surface area contributed by atoms with E-state index in [4.69, 9.17) is 5.26 Å². The maximum atomic E-state index is 8.77. The lowest BCUT2D eigenvalue weighted by Crippen LogP contribution is -2.49. The molecule has 17 heavy (non-hydrogen) atoms. The molecule has 1 rings (SSSR count). The number of benzene rings is 1. The first-order valence-corrected chi connectivity index (χ1v) is 9.74. The highest BCUT2D eigenvalue weighted by Gasteiger charge is 2.26. The Hall–Kier alpha value is -1.11. The van der Waals surface area contributed by atoms with Gasteiger partial charge in [-0.25, -0.2) is 0 Å². The van der Waals surface area contributed by atoms with Gasteiger partial charge in [0.15, 0.2) is 0 Å². The molecule has 0 heterocycles. The molecule has 0 saturated carbocycles. The second-order valence-electron chi connectivity index (χ2n) is 6.62. The van der Waals surface area contributed by atoms with Gasteiger partial charge < -0.3 is 4.48 Å². The van der Waals surface area contributed by atoms with Gasteiger partial charge in [0.25, 0.3) is 0 Å². The van der Waals surface area contributed by atoms with Crippen LogP contribution < -0.4 is 0 Å². The zero-order valence-corrected chi connectivity index (χ0v) is 12.6.